The van der Waals surface area contributed by atoms with E-state index in [9.17, 15) is 28.5 Å². The highest BCUT2D eigenvalue weighted by atomic mass is 32.2. The van der Waals surface area contributed by atoms with Gasteiger partial charge in [0.1, 0.15) is 11.5 Å². The Hall–Kier alpha value is -3.28. The molecule has 39 heavy (non-hydrogen) atoms. The molecular weight excluding hydrogens is 524 g/mol. The van der Waals surface area contributed by atoms with E-state index in [2.05, 4.69) is 9.62 Å². The highest BCUT2D eigenvalue weighted by molar-refractivity contribution is 7.90. The number of methoxy groups -OCH3 is 1. The van der Waals surface area contributed by atoms with E-state index in [1.54, 1.807) is 6.07 Å². The van der Waals surface area contributed by atoms with Crippen LogP contribution >= 0.6 is 0 Å². The minimum absolute atomic E-state index is 0.0976. The fraction of sp³-hybridized carbons (Fsp3) is 0.464. The molecule has 4 atom stereocenters. The average Bonchev–Trinajstić information content (AvgIpc) is 3.65. The lowest BCUT2D eigenvalue weighted by atomic mass is 9.49. The van der Waals surface area contributed by atoms with Crippen molar-refractivity contribution in [3.63, 3.8) is 0 Å². The molecule has 5 aliphatic rings. The Morgan fingerprint density at radius 3 is 2.62 bits per heavy atom. The predicted molar refractivity (Wildman–Crippen MR) is 138 cm³/mol. The molecule has 4 N–H and O–H groups in total. The molecule has 1 saturated heterocycles. The Bertz CT molecular complexity index is 1530. The van der Waals surface area contributed by atoms with Gasteiger partial charge in [0.25, 0.3) is 15.9 Å². The molecule has 0 unspecified atom stereocenters. The Morgan fingerprint density at radius 1 is 1.18 bits per heavy atom. The summed E-state index contributed by atoms with van der Waals surface area (Å²) in [5.41, 5.74) is -1.19. The maximum absolute atomic E-state index is 13.5. The smallest absolute Gasteiger partial charge is 0.264 e. The average molecular weight is 555 g/mol. The molecule has 2 aliphatic heterocycles. The number of aliphatic hydroxyl groups is 2. The summed E-state index contributed by atoms with van der Waals surface area (Å²) >= 11 is 0. The number of ether oxygens (including phenoxy) is 2. The number of amides is 1. The molecule has 2 fully saturated rings. The van der Waals surface area contributed by atoms with E-state index in [4.69, 9.17) is 9.47 Å². The minimum Gasteiger partial charge on any atom is -0.508 e. The molecule has 0 radical (unpaired) electrons. The zero-order chi connectivity index (χ0) is 27.3. The van der Waals surface area contributed by atoms with Gasteiger partial charge < -0.3 is 24.8 Å². The maximum Gasteiger partial charge on any atom is 0.264 e. The lowest BCUT2D eigenvalue weighted by Crippen LogP contribution is -2.75. The molecule has 1 spiro atoms. The Balaban J connectivity index is 1.30. The zero-order valence-electron chi connectivity index (χ0n) is 21.4. The van der Waals surface area contributed by atoms with Crippen LogP contribution in [0.1, 0.15) is 36.8 Å². The molecule has 2 aromatic carbocycles. The van der Waals surface area contributed by atoms with Crippen LogP contribution in [0.3, 0.4) is 0 Å². The summed E-state index contributed by atoms with van der Waals surface area (Å²) in [5.74, 6) is -0.294. The summed E-state index contributed by atoms with van der Waals surface area (Å²) in [6, 6.07) is 8.60. The number of piperidine rings is 1. The van der Waals surface area contributed by atoms with Crippen LogP contribution < -0.4 is 14.2 Å². The van der Waals surface area contributed by atoms with Crippen LogP contribution in [-0.4, -0.2) is 72.5 Å². The lowest BCUT2D eigenvalue weighted by Gasteiger charge is -2.62. The first-order valence-corrected chi connectivity index (χ1v) is 14.7. The quantitative estimate of drug-likeness (QED) is 0.421. The highest BCUT2D eigenvalue weighted by Gasteiger charge is 2.73. The van der Waals surface area contributed by atoms with Gasteiger partial charge in [0.15, 0.2) is 17.6 Å². The van der Waals surface area contributed by atoms with Gasteiger partial charge in [0, 0.05) is 24.6 Å². The van der Waals surface area contributed by atoms with Gasteiger partial charge in [-0.2, -0.15) is 0 Å². The van der Waals surface area contributed by atoms with Gasteiger partial charge in [0.05, 0.1) is 28.6 Å². The number of aliphatic hydroxyl groups excluding tert-OH is 1. The number of phenols is 1. The van der Waals surface area contributed by atoms with E-state index in [-0.39, 0.29) is 34.4 Å². The van der Waals surface area contributed by atoms with Gasteiger partial charge in [-0.3, -0.25) is 9.69 Å². The molecule has 1 amide bonds. The topological polar surface area (TPSA) is 146 Å². The van der Waals surface area contributed by atoms with E-state index < -0.39 is 38.8 Å². The van der Waals surface area contributed by atoms with Crippen LogP contribution in [0.4, 0.5) is 0 Å². The number of carbonyl (C=O) groups excluding carboxylic acids is 1. The van der Waals surface area contributed by atoms with Gasteiger partial charge >= 0.3 is 0 Å². The van der Waals surface area contributed by atoms with E-state index in [0.29, 0.717) is 36.6 Å². The van der Waals surface area contributed by atoms with E-state index >= 15 is 0 Å². The standard InChI is InChI=1S/C28H30N2O8S/c1-37-17-5-7-18(8-6-17)39(35,36)29-26(33)19-13-28(34)21-12-16-4-9-20(31)24-22(16)27(28,25(38-24)23(19)32)10-11-30(21)14-15-2-3-15/h4-9,15,21,25,31-32,34H,2-3,10-14H2,1H3,(H,29,33)/t21-,25+,27+,28-/m1/s1. The molecule has 2 bridgehead atoms. The second-order valence-corrected chi connectivity index (χ2v) is 13.1. The van der Waals surface area contributed by atoms with Crippen LogP contribution in [-0.2, 0) is 26.7 Å². The first-order valence-electron chi connectivity index (χ1n) is 13.2. The van der Waals surface area contributed by atoms with Gasteiger partial charge in [-0.15, -0.1) is 0 Å². The fourth-order valence-corrected chi connectivity index (χ4v) is 8.35. The van der Waals surface area contributed by atoms with Crippen molar-refractivity contribution in [2.75, 3.05) is 20.2 Å². The van der Waals surface area contributed by atoms with Crippen LogP contribution in [0.5, 0.6) is 17.2 Å². The number of likely N-dealkylation sites (tertiary alicyclic amines) is 1. The van der Waals surface area contributed by atoms with Gasteiger partial charge in [-0.05, 0) is 74.0 Å². The van der Waals surface area contributed by atoms with E-state index in [1.807, 2.05) is 6.07 Å². The van der Waals surface area contributed by atoms with E-state index in [0.717, 1.165) is 24.9 Å². The van der Waals surface area contributed by atoms with Gasteiger partial charge in [0.2, 0.25) is 0 Å². The molecule has 1 saturated carbocycles. The summed E-state index contributed by atoms with van der Waals surface area (Å²) in [6.07, 6.45) is 1.86. The van der Waals surface area contributed by atoms with Crippen LogP contribution in [0, 0.1) is 5.92 Å². The second kappa shape index (κ2) is 8.12. The van der Waals surface area contributed by atoms with Crippen molar-refractivity contribution in [1.29, 1.82) is 0 Å². The number of nitrogens with zero attached hydrogens (tertiary/aromatic N) is 1. The van der Waals surface area contributed by atoms with Gasteiger partial charge in [-0.1, -0.05) is 6.07 Å². The summed E-state index contributed by atoms with van der Waals surface area (Å²) in [7, 11) is -2.83. The van der Waals surface area contributed by atoms with E-state index in [1.165, 1.54) is 31.4 Å². The number of phenolic OH excluding ortho intramolecular Hbond substituents is 1. The minimum atomic E-state index is -4.28. The van der Waals surface area contributed by atoms with Crippen molar-refractivity contribution < 1.29 is 38.0 Å². The third-order valence-electron chi connectivity index (χ3n) is 9.39. The Kier molecular flexibility index (Phi) is 5.15. The first-order chi connectivity index (χ1) is 18.6. The van der Waals surface area contributed by atoms with Crippen LogP contribution in [0.2, 0.25) is 0 Å². The van der Waals surface area contributed by atoms with Crippen molar-refractivity contribution in [1.82, 2.24) is 9.62 Å². The van der Waals surface area contributed by atoms with Crippen LogP contribution in [0.15, 0.2) is 52.6 Å². The molecule has 206 valence electrons. The number of rotatable bonds is 6. The molecule has 2 aromatic rings. The molecule has 3 aliphatic carbocycles. The van der Waals surface area contributed by atoms with Crippen molar-refractivity contribution in [2.24, 2.45) is 5.92 Å². The van der Waals surface area contributed by atoms with Crippen molar-refractivity contribution >= 4 is 15.9 Å². The second-order valence-electron chi connectivity index (χ2n) is 11.4. The Morgan fingerprint density at radius 2 is 1.92 bits per heavy atom. The first kappa shape index (κ1) is 24.7. The molecule has 0 aromatic heterocycles. The Labute approximate surface area is 225 Å². The predicted octanol–water partition coefficient (Wildman–Crippen LogP) is 1.89. The lowest BCUT2D eigenvalue weighted by molar-refractivity contribution is -0.172. The van der Waals surface area contributed by atoms with Crippen molar-refractivity contribution in [2.45, 2.75) is 60.2 Å². The number of carbonyl (C=O) groups is 1. The largest absolute Gasteiger partial charge is 0.508 e. The summed E-state index contributed by atoms with van der Waals surface area (Å²) < 4.78 is 39.4. The molecule has 2 heterocycles. The van der Waals surface area contributed by atoms with Crippen LogP contribution in [0.25, 0.3) is 0 Å². The van der Waals surface area contributed by atoms with Gasteiger partial charge in [-0.25, -0.2) is 13.1 Å². The van der Waals surface area contributed by atoms with Crippen molar-refractivity contribution in [3.05, 3.63) is 58.9 Å². The number of aromatic hydroxyl groups is 1. The summed E-state index contributed by atoms with van der Waals surface area (Å²) in [4.78, 5) is 15.6. The number of hydrogen-bond acceptors (Lipinski definition) is 9. The summed E-state index contributed by atoms with van der Waals surface area (Å²) in [6.45, 7) is 1.51. The summed E-state index contributed by atoms with van der Waals surface area (Å²) in [5, 5.41) is 34.7. The normalized spacial score (nSPS) is 30.9. The number of hydrogen-bond donors (Lipinski definition) is 4. The molecule has 7 rings (SSSR count). The van der Waals surface area contributed by atoms with Crippen molar-refractivity contribution in [3.8, 4) is 17.2 Å². The number of benzene rings is 2. The third-order valence-corrected chi connectivity index (χ3v) is 10.7. The third kappa shape index (κ3) is 3.33. The SMILES string of the molecule is COc1ccc(S(=O)(=O)NC(=O)C2=C(O)[C@@H]3Oc4c(O)ccc5c4[C@@]34CCN(CC3CC3)[C@H](C5)[C@]4(O)C2)cc1. The zero-order valence-corrected chi connectivity index (χ0v) is 22.2. The number of nitrogens with one attached hydrogen (secondary N) is 1. The monoisotopic (exact) mass is 554 g/mol. The highest BCUT2D eigenvalue weighted by Crippen LogP contribution is 2.66. The molecule has 10 nitrogen and oxygen atoms in total. The maximum atomic E-state index is 13.5. The molecule has 11 heteroatoms. The molecular formula is C28H30N2O8S. The fourth-order valence-electron chi connectivity index (χ4n) is 7.37. The number of sulfonamides is 1.